The van der Waals surface area contributed by atoms with Gasteiger partial charge in [-0.25, -0.2) is 0 Å². The molecule has 0 aromatic carbocycles. The van der Waals surface area contributed by atoms with E-state index in [0.29, 0.717) is 11.5 Å². The molecule has 1 N–H and O–H groups in total. The van der Waals surface area contributed by atoms with Crippen LogP contribution in [0, 0.1) is 5.41 Å². The molecule has 0 spiro atoms. The monoisotopic (exact) mass is 240 g/mol. The van der Waals surface area contributed by atoms with E-state index in [-0.39, 0.29) is 0 Å². The van der Waals surface area contributed by atoms with Gasteiger partial charge in [-0.05, 0) is 37.8 Å². The maximum Gasteiger partial charge on any atom is 0.0246 e. The minimum atomic E-state index is 0.524. The van der Waals surface area contributed by atoms with Crippen molar-refractivity contribution in [3.8, 4) is 0 Å². The minimum Gasteiger partial charge on any atom is -0.313 e. The van der Waals surface area contributed by atoms with E-state index in [2.05, 4.69) is 44.8 Å². The molecule has 0 aliphatic carbocycles. The fraction of sp³-hybridized carbons (Fsp3) is 1.00. The summed E-state index contributed by atoms with van der Waals surface area (Å²) in [5.74, 6) is 0. The lowest BCUT2D eigenvalue weighted by atomic mass is 9.93. The molecule has 1 aliphatic rings. The number of rotatable bonds is 7. The third-order valence-corrected chi connectivity index (χ3v) is 4.12. The Morgan fingerprint density at radius 2 is 1.94 bits per heavy atom. The minimum absolute atomic E-state index is 0.524. The van der Waals surface area contributed by atoms with Crippen molar-refractivity contribution < 1.29 is 0 Å². The van der Waals surface area contributed by atoms with Gasteiger partial charge >= 0.3 is 0 Å². The highest BCUT2D eigenvalue weighted by molar-refractivity contribution is 4.91. The second kappa shape index (κ2) is 6.75. The van der Waals surface area contributed by atoms with Crippen molar-refractivity contribution in [2.45, 2.75) is 72.4 Å². The van der Waals surface area contributed by atoms with Gasteiger partial charge in [-0.1, -0.05) is 41.0 Å². The Kier molecular flexibility index (Phi) is 5.94. The van der Waals surface area contributed by atoms with Crippen molar-refractivity contribution in [1.29, 1.82) is 0 Å². The lowest BCUT2D eigenvalue weighted by Gasteiger charge is -2.35. The topological polar surface area (TPSA) is 15.3 Å². The Balaban J connectivity index is 2.61. The molecule has 0 amide bonds. The summed E-state index contributed by atoms with van der Waals surface area (Å²) < 4.78 is 0. The van der Waals surface area contributed by atoms with Gasteiger partial charge in [0.1, 0.15) is 0 Å². The van der Waals surface area contributed by atoms with Crippen LogP contribution in [0.25, 0.3) is 0 Å². The highest BCUT2D eigenvalue weighted by Gasteiger charge is 2.35. The van der Waals surface area contributed by atoms with Gasteiger partial charge in [0.25, 0.3) is 0 Å². The quantitative estimate of drug-likeness (QED) is 0.735. The summed E-state index contributed by atoms with van der Waals surface area (Å²) in [6.45, 7) is 15.3. The van der Waals surface area contributed by atoms with Gasteiger partial charge in [-0.15, -0.1) is 0 Å². The van der Waals surface area contributed by atoms with Crippen LogP contribution in [0.3, 0.4) is 0 Å². The molecule has 1 heterocycles. The summed E-state index contributed by atoms with van der Waals surface area (Å²) in [4.78, 5) is 2.73. The summed E-state index contributed by atoms with van der Waals surface area (Å²) in [6.07, 6.45) is 5.22. The van der Waals surface area contributed by atoms with Crippen LogP contribution in [0.5, 0.6) is 0 Å². The normalized spacial score (nSPS) is 23.8. The van der Waals surface area contributed by atoms with E-state index in [1.807, 2.05) is 0 Å². The number of nitrogens with zero attached hydrogens (tertiary/aromatic N) is 1. The van der Waals surface area contributed by atoms with E-state index in [1.54, 1.807) is 0 Å². The summed E-state index contributed by atoms with van der Waals surface area (Å²) >= 11 is 0. The third-order valence-electron chi connectivity index (χ3n) is 4.12. The molecule has 0 bridgehead atoms. The Morgan fingerprint density at radius 1 is 1.24 bits per heavy atom. The molecule has 2 unspecified atom stereocenters. The lowest BCUT2D eigenvalue weighted by Crippen LogP contribution is -2.49. The summed E-state index contributed by atoms with van der Waals surface area (Å²) in [5, 5.41) is 3.70. The Bertz CT molecular complexity index is 205. The average Bonchev–Trinajstić information content (AvgIpc) is 2.61. The highest BCUT2D eigenvalue weighted by atomic mass is 15.2. The first-order valence-corrected chi connectivity index (χ1v) is 7.51. The maximum atomic E-state index is 3.70. The zero-order chi connectivity index (χ0) is 12.9. The van der Waals surface area contributed by atoms with Crippen molar-refractivity contribution >= 4 is 0 Å². The van der Waals surface area contributed by atoms with Crippen molar-refractivity contribution in [2.24, 2.45) is 5.41 Å². The van der Waals surface area contributed by atoms with Crippen molar-refractivity contribution in [1.82, 2.24) is 10.2 Å². The summed E-state index contributed by atoms with van der Waals surface area (Å²) in [6, 6.07) is 1.42. The van der Waals surface area contributed by atoms with Crippen LogP contribution < -0.4 is 5.32 Å². The van der Waals surface area contributed by atoms with Gasteiger partial charge in [0.05, 0.1) is 0 Å². The summed E-state index contributed by atoms with van der Waals surface area (Å²) in [5.41, 5.74) is 0.524. The Labute approximate surface area is 108 Å². The molecule has 0 radical (unpaired) electrons. The molecule has 2 nitrogen and oxygen atoms in total. The zero-order valence-electron chi connectivity index (χ0n) is 12.6. The van der Waals surface area contributed by atoms with Gasteiger partial charge in [0.2, 0.25) is 0 Å². The van der Waals surface area contributed by atoms with Gasteiger partial charge in [-0.3, -0.25) is 4.90 Å². The highest BCUT2D eigenvalue weighted by Crippen LogP contribution is 2.31. The molecular formula is C15H32N2. The van der Waals surface area contributed by atoms with E-state index in [4.69, 9.17) is 0 Å². The maximum absolute atomic E-state index is 3.70. The Morgan fingerprint density at radius 3 is 2.35 bits per heavy atom. The van der Waals surface area contributed by atoms with Crippen LogP contribution in [0.4, 0.5) is 0 Å². The molecule has 2 atom stereocenters. The SMILES string of the molecule is CCCC(NCC)C(CC)N1CCC(C)(C)C1. The molecule has 0 aromatic heterocycles. The third kappa shape index (κ3) is 4.26. The van der Waals surface area contributed by atoms with Crippen LogP contribution in [0.2, 0.25) is 0 Å². The molecule has 102 valence electrons. The van der Waals surface area contributed by atoms with E-state index in [1.165, 1.54) is 38.8 Å². The van der Waals surface area contributed by atoms with Crippen molar-refractivity contribution in [2.75, 3.05) is 19.6 Å². The molecule has 0 saturated carbocycles. The number of hydrogen-bond acceptors (Lipinski definition) is 2. The van der Waals surface area contributed by atoms with Crippen LogP contribution in [0.15, 0.2) is 0 Å². The second-order valence-electron chi connectivity index (χ2n) is 6.31. The van der Waals surface area contributed by atoms with Crippen molar-refractivity contribution in [3.63, 3.8) is 0 Å². The first-order chi connectivity index (χ1) is 8.04. The number of likely N-dealkylation sites (tertiary alicyclic amines) is 1. The lowest BCUT2D eigenvalue weighted by molar-refractivity contribution is 0.164. The van der Waals surface area contributed by atoms with Gasteiger partial charge in [-0.2, -0.15) is 0 Å². The van der Waals surface area contributed by atoms with E-state index >= 15 is 0 Å². The van der Waals surface area contributed by atoms with Crippen LogP contribution in [0.1, 0.15) is 60.3 Å². The molecule has 17 heavy (non-hydrogen) atoms. The number of likely N-dealkylation sites (N-methyl/N-ethyl adjacent to an activating group) is 1. The average molecular weight is 240 g/mol. The molecule has 2 heteroatoms. The van der Waals surface area contributed by atoms with E-state index < -0.39 is 0 Å². The van der Waals surface area contributed by atoms with Crippen LogP contribution in [-0.4, -0.2) is 36.6 Å². The smallest absolute Gasteiger partial charge is 0.0246 e. The van der Waals surface area contributed by atoms with Crippen LogP contribution in [-0.2, 0) is 0 Å². The molecular weight excluding hydrogens is 208 g/mol. The van der Waals surface area contributed by atoms with E-state index in [0.717, 1.165) is 12.6 Å². The first-order valence-electron chi connectivity index (χ1n) is 7.51. The fourth-order valence-electron chi connectivity index (χ4n) is 3.24. The van der Waals surface area contributed by atoms with Crippen LogP contribution >= 0.6 is 0 Å². The largest absolute Gasteiger partial charge is 0.313 e. The predicted octanol–water partition coefficient (Wildman–Crippen LogP) is 3.28. The molecule has 1 saturated heterocycles. The molecule has 1 rings (SSSR count). The van der Waals surface area contributed by atoms with Gasteiger partial charge < -0.3 is 5.32 Å². The second-order valence-corrected chi connectivity index (χ2v) is 6.31. The first kappa shape index (κ1) is 15.0. The number of hydrogen-bond donors (Lipinski definition) is 1. The zero-order valence-corrected chi connectivity index (χ0v) is 12.6. The molecule has 1 aliphatic heterocycles. The Hall–Kier alpha value is -0.0800. The van der Waals surface area contributed by atoms with Gasteiger partial charge in [0.15, 0.2) is 0 Å². The molecule has 0 aromatic rings. The predicted molar refractivity (Wildman–Crippen MR) is 76.4 cm³/mol. The van der Waals surface area contributed by atoms with Crippen molar-refractivity contribution in [3.05, 3.63) is 0 Å². The standard InChI is InChI=1S/C15H32N2/c1-6-9-13(16-8-3)14(7-2)17-11-10-15(4,5)12-17/h13-14,16H,6-12H2,1-5H3. The summed E-state index contributed by atoms with van der Waals surface area (Å²) in [7, 11) is 0. The van der Waals surface area contributed by atoms with Gasteiger partial charge in [0, 0.05) is 18.6 Å². The number of nitrogens with one attached hydrogen (secondary N) is 1. The molecule has 1 fully saturated rings. The fourth-order valence-corrected chi connectivity index (χ4v) is 3.24. The van der Waals surface area contributed by atoms with E-state index in [9.17, 15) is 0 Å².